The molecule has 2 aromatic rings. The molecule has 2 aromatic carbocycles. The predicted octanol–water partition coefficient (Wildman–Crippen LogP) is 4.01. The second kappa shape index (κ2) is 12.8. The van der Waals surface area contributed by atoms with Gasteiger partial charge in [-0.3, -0.25) is 14.4 Å². The molecule has 3 atom stereocenters. The highest BCUT2D eigenvalue weighted by Gasteiger charge is 2.36. The van der Waals surface area contributed by atoms with Crippen LogP contribution in [-0.2, 0) is 19.1 Å². The number of aliphatic carboxylic acids is 1. The van der Waals surface area contributed by atoms with Gasteiger partial charge in [-0.15, -0.1) is 0 Å². The maximum atomic E-state index is 13.5. The lowest BCUT2D eigenvalue weighted by atomic mass is 9.98. The van der Waals surface area contributed by atoms with Gasteiger partial charge in [0, 0.05) is 13.0 Å². The summed E-state index contributed by atoms with van der Waals surface area (Å²) in [6.07, 6.45) is -0.391. The lowest BCUT2D eigenvalue weighted by molar-refractivity contribution is -0.145. The summed E-state index contributed by atoms with van der Waals surface area (Å²) in [4.78, 5) is 51.9. The molecule has 1 aliphatic rings. The van der Waals surface area contributed by atoms with E-state index in [1.807, 2.05) is 50.2 Å². The number of benzene rings is 2. The van der Waals surface area contributed by atoms with Crippen LogP contribution in [0.15, 0.2) is 48.5 Å². The van der Waals surface area contributed by atoms with Crippen molar-refractivity contribution in [1.29, 1.82) is 0 Å². The summed E-state index contributed by atoms with van der Waals surface area (Å²) in [6, 6.07) is 13.1. The molecule has 0 saturated heterocycles. The molecule has 0 radical (unpaired) electrons. The highest BCUT2D eigenvalue weighted by atomic mass is 16.5. The van der Waals surface area contributed by atoms with E-state index in [9.17, 15) is 24.3 Å². The van der Waals surface area contributed by atoms with Crippen LogP contribution in [0.4, 0.5) is 4.79 Å². The van der Waals surface area contributed by atoms with Crippen molar-refractivity contribution >= 4 is 23.9 Å². The number of amides is 3. The molecule has 0 bridgehead atoms. The van der Waals surface area contributed by atoms with Crippen molar-refractivity contribution in [2.24, 2.45) is 11.8 Å². The van der Waals surface area contributed by atoms with Crippen LogP contribution in [0.2, 0.25) is 0 Å². The Morgan fingerprint density at radius 3 is 1.92 bits per heavy atom. The van der Waals surface area contributed by atoms with Gasteiger partial charge in [-0.05, 0) is 47.4 Å². The second-order valence-electron chi connectivity index (χ2n) is 10.9. The Hall–Kier alpha value is -3.88. The van der Waals surface area contributed by atoms with E-state index in [-0.39, 0.29) is 24.4 Å². The number of carbonyl (C=O) groups excluding carboxylic acids is 3. The number of nitrogens with one attached hydrogen (secondary N) is 2. The summed E-state index contributed by atoms with van der Waals surface area (Å²) in [7, 11) is 1.50. The minimum atomic E-state index is -1.17. The molecule has 210 valence electrons. The molecule has 0 aliphatic heterocycles. The molecule has 3 rings (SSSR count). The first-order valence-electron chi connectivity index (χ1n) is 13.3. The van der Waals surface area contributed by atoms with Crippen molar-refractivity contribution in [3.63, 3.8) is 0 Å². The molecular formula is C30H39N3O6. The quantitative estimate of drug-likeness (QED) is 0.398. The average Bonchev–Trinajstić information content (AvgIpc) is 3.21. The number of alkyl carbamates (subject to hydrolysis) is 1. The van der Waals surface area contributed by atoms with Crippen molar-refractivity contribution in [2.45, 2.75) is 65.1 Å². The van der Waals surface area contributed by atoms with Gasteiger partial charge in [-0.1, -0.05) is 76.2 Å². The van der Waals surface area contributed by atoms with E-state index in [0.29, 0.717) is 6.42 Å². The lowest BCUT2D eigenvalue weighted by Gasteiger charge is -2.33. The lowest BCUT2D eigenvalue weighted by Crippen LogP contribution is -2.57. The molecule has 9 nitrogen and oxygen atoms in total. The fraction of sp³-hybridized carbons (Fsp3) is 0.467. The Morgan fingerprint density at radius 2 is 1.44 bits per heavy atom. The summed E-state index contributed by atoms with van der Waals surface area (Å²) in [5.74, 6) is -2.53. The van der Waals surface area contributed by atoms with E-state index >= 15 is 0 Å². The summed E-state index contributed by atoms with van der Waals surface area (Å²) in [5.41, 5.74) is 4.40. The van der Waals surface area contributed by atoms with Gasteiger partial charge >= 0.3 is 12.1 Å². The molecule has 0 saturated carbocycles. The first-order chi connectivity index (χ1) is 18.4. The van der Waals surface area contributed by atoms with Crippen LogP contribution in [-0.4, -0.2) is 65.7 Å². The molecule has 0 spiro atoms. The third-order valence-electron chi connectivity index (χ3n) is 7.09. The number of ether oxygens (including phenoxy) is 1. The van der Waals surface area contributed by atoms with Gasteiger partial charge in [0.1, 0.15) is 24.7 Å². The summed E-state index contributed by atoms with van der Waals surface area (Å²) in [5, 5.41) is 14.3. The number of nitrogens with zero attached hydrogens (tertiary/aromatic N) is 1. The van der Waals surface area contributed by atoms with Crippen LogP contribution in [0.3, 0.4) is 0 Å². The zero-order valence-corrected chi connectivity index (χ0v) is 23.4. The van der Waals surface area contributed by atoms with E-state index in [4.69, 9.17) is 4.74 Å². The number of fused-ring (bicyclic) bond motifs is 3. The van der Waals surface area contributed by atoms with Crippen molar-refractivity contribution in [1.82, 2.24) is 15.5 Å². The molecule has 39 heavy (non-hydrogen) atoms. The van der Waals surface area contributed by atoms with Crippen LogP contribution in [0.1, 0.15) is 58.1 Å². The SMILES string of the molecule is CC(C)C[C@@H](C(=O)N[C@@H](C)C(=O)O)N(C)C(=O)[C@@H](NC(=O)OCC1c2ccccc2-c2ccccc21)C(C)C. The number of carboxylic acids is 1. The molecule has 0 fully saturated rings. The number of hydrogen-bond donors (Lipinski definition) is 3. The average molecular weight is 538 g/mol. The summed E-state index contributed by atoms with van der Waals surface area (Å²) < 4.78 is 5.64. The Kier molecular flexibility index (Phi) is 9.72. The fourth-order valence-electron chi connectivity index (χ4n) is 4.91. The molecule has 3 amide bonds. The van der Waals surface area contributed by atoms with Gasteiger partial charge in [0.2, 0.25) is 11.8 Å². The zero-order chi connectivity index (χ0) is 28.9. The van der Waals surface area contributed by atoms with E-state index in [2.05, 4.69) is 22.8 Å². The molecule has 3 N–H and O–H groups in total. The van der Waals surface area contributed by atoms with Crippen LogP contribution in [0, 0.1) is 11.8 Å². The largest absolute Gasteiger partial charge is 0.480 e. The molecule has 9 heteroatoms. The molecular weight excluding hydrogens is 498 g/mol. The third-order valence-corrected chi connectivity index (χ3v) is 7.09. The number of carbonyl (C=O) groups is 4. The number of rotatable bonds is 11. The normalized spacial score (nSPS) is 14.7. The maximum Gasteiger partial charge on any atom is 0.407 e. The van der Waals surface area contributed by atoms with Crippen LogP contribution in [0.25, 0.3) is 11.1 Å². The maximum absolute atomic E-state index is 13.5. The molecule has 0 aromatic heterocycles. The smallest absolute Gasteiger partial charge is 0.407 e. The van der Waals surface area contributed by atoms with Gasteiger partial charge in [0.25, 0.3) is 0 Å². The van der Waals surface area contributed by atoms with Gasteiger partial charge in [0.05, 0.1) is 0 Å². The zero-order valence-electron chi connectivity index (χ0n) is 23.4. The topological polar surface area (TPSA) is 125 Å². The van der Waals surface area contributed by atoms with Crippen molar-refractivity contribution in [3.05, 3.63) is 59.7 Å². The third kappa shape index (κ3) is 6.96. The van der Waals surface area contributed by atoms with Crippen LogP contribution >= 0.6 is 0 Å². The van der Waals surface area contributed by atoms with Gasteiger partial charge in [-0.25, -0.2) is 4.79 Å². The standard InChI is InChI=1S/C30H39N3O6/c1-17(2)15-25(27(34)31-19(5)29(36)37)33(6)28(35)26(18(3)4)32-30(38)39-16-24-22-13-9-7-11-20(22)21-12-8-10-14-23(21)24/h7-14,17-19,24-26H,15-16H2,1-6H3,(H,31,34)(H,32,38)(H,36,37)/t19-,25-,26-/m0/s1. The summed E-state index contributed by atoms with van der Waals surface area (Å²) in [6.45, 7) is 8.89. The number of likely N-dealkylation sites (N-methyl/N-ethyl adjacent to an activating group) is 1. The fourth-order valence-corrected chi connectivity index (χ4v) is 4.91. The Bertz CT molecular complexity index is 1170. The highest BCUT2D eigenvalue weighted by Crippen LogP contribution is 2.44. The van der Waals surface area contributed by atoms with Gasteiger partial charge in [0.15, 0.2) is 0 Å². The predicted molar refractivity (Wildman–Crippen MR) is 148 cm³/mol. The first-order valence-corrected chi connectivity index (χ1v) is 13.3. The first kappa shape index (κ1) is 29.7. The molecule has 0 heterocycles. The van der Waals surface area contributed by atoms with Gasteiger partial charge in [-0.2, -0.15) is 0 Å². The van der Waals surface area contributed by atoms with E-state index in [1.54, 1.807) is 13.8 Å². The molecule has 0 unspecified atom stereocenters. The minimum absolute atomic E-state index is 0.0590. The summed E-state index contributed by atoms with van der Waals surface area (Å²) >= 11 is 0. The van der Waals surface area contributed by atoms with E-state index in [0.717, 1.165) is 22.3 Å². The molecule has 1 aliphatic carbocycles. The van der Waals surface area contributed by atoms with E-state index in [1.165, 1.54) is 18.9 Å². The Balaban J connectivity index is 1.70. The van der Waals surface area contributed by atoms with Crippen molar-refractivity contribution in [2.75, 3.05) is 13.7 Å². The minimum Gasteiger partial charge on any atom is -0.480 e. The number of carboxylic acid groups (broad SMARTS) is 1. The second-order valence-corrected chi connectivity index (χ2v) is 10.9. The van der Waals surface area contributed by atoms with Crippen molar-refractivity contribution in [3.8, 4) is 11.1 Å². The van der Waals surface area contributed by atoms with Crippen LogP contribution < -0.4 is 10.6 Å². The Labute approximate surface area is 229 Å². The van der Waals surface area contributed by atoms with Gasteiger partial charge < -0.3 is 25.4 Å². The number of hydrogen-bond acceptors (Lipinski definition) is 5. The van der Waals surface area contributed by atoms with Crippen LogP contribution in [0.5, 0.6) is 0 Å². The monoisotopic (exact) mass is 537 g/mol. The van der Waals surface area contributed by atoms with Crippen molar-refractivity contribution < 1.29 is 29.0 Å². The highest BCUT2D eigenvalue weighted by molar-refractivity contribution is 5.93. The van der Waals surface area contributed by atoms with E-state index < -0.39 is 42.0 Å². The Morgan fingerprint density at radius 1 is 0.897 bits per heavy atom.